The largest absolute Gasteiger partial charge is 0.394 e. The standard InChI is InChI=1S/C19H23N3O6/c23-11-16-15(25)9-17(28-16)22-10-14(18(26)20-19(22)27)21(12-24)8-4-7-13-5-2-1-3-6-13/h1-3,5-6,10,12,15-17,23,25H,4,7-9,11H2,(H,20,26,27)/t15-,16+,17+/m0/s1. The van der Waals surface area contributed by atoms with Crippen molar-refractivity contribution in [1.29, 1.82) is 0 Å². The van der Waals surface area contributed by atoms with Gasteiger partial charge >= 0.3 is 5.69 Å². The van der Waals surface area contributed by atoms with Crippen LogP contribution in [0, 0.1) is 0 Å². The number of rotatable bonds is 8. The molecule has 150 valence electrons. The number of aryl methyl sites for hydroxylation is 1. The average Bonchev–Trinajstić information content (AvgIpc) is 3.07. The Bertz CT molecular complexity index is 910. The zero-order chi connectivity index (χ0) is 20.1. The number of aromatic amines is 1. The molecule has 28 heavy (non-hydrogen) atoms. The summed E-state index contributed by atoms with van der Waals surface area (Å²) in [7, 11) is 0. The number of hydrogen-bond donors (Lipinski definition) is 3. The van der Waals surface area contributed by atoms with Gasteiger partial charge in [-0.15, -0.1) is 0 Å². The van der Waals surface area contributed by atoms with Gasteiger partial charge in [-0.05, 0) is 18.4 Å². The van der Waals surface area contributed by atoms with E-state index in [1.807, 2.05) is 30.3 Å². The van der Waals surface area contributed by atoms with Gasteiger partial charge in [-0.1, -0.05) is 30.3 Å². The third-order valence-corrected chi connectivity index (χ3v) is 4.79. The Labute approximate surface area is 160 Å². The summed E-state index contributed by atoms with van der Waals surface area (Å²) in [6, 6.07) is 9.76. The number of nitrogens with zero attached hydrogens (tertiary/aromatic N) is 2. The van der Waals surface area contributed by atoms with E-state index in [4.69, 9.17) is 4.74 Å². The summed E-state index contributed by atoms with van der Waals surface area (Å²) in [4.78, 5) is 39.4. The fourth-order valence-corrected chi connectivity index (χ4v) is 3.27. The summed E-state index contributed by atoms with van der Waals surface area (Å²) < 4.78 is 6.60. The number of anilines is 1. The van der Waals surface area contributed by atoms with Gasteiger partial charge in [0.05, 0.1) is 12.7 Å². The molecule has 0 unspecified atom stereocenters. The van der Waals surface area contributed by atoms with Crippen LogP contribution in [0.1, 0.15) is 24.6 Å². The summed E-state index contributed by atoms with van der Waals surface area (Å²) in [6.07, 6.45) is 0.691. The maximum atomic E-state index is 12.2. The Balaban J connectivity index is 1.77. The van der Waals surface area contributed by atoms with Crippen LogP contribution in [0.5, 0.6) is 0 Å². The first kappa shape index (κ1) is 20.0. The molecule has 1 aromatic heterocycles. The van der Waals surface area contributed by atoms with Crippen molar-refractivity contribution >= 4 is 12.1 Å². The highest BCUT2D eigenvalue weighted by atomic mass is 16.5. The number of nitrogens with one attached hydrogen (secondary N) is 1. The minimum atomic E-state index is -0.926. The van der Waals surface area contributed by atoms with Crippen molar-refractivity contribution in [1.82, 2.24) is 9.55 Å². The molecule has 2 heterocycles. The van der Waals surface area contributed by atoms with Crippen molar-refractivity contribution in [3.8, 4) is 0 Å². The lowest BCUT2D eigenvalue weighted by molar-refractivity contribution is -0.107. The first-order valence-corrected chi connectivity index (χ1v) is 9.09. The Morgan fingerprint density at radius 2 is 2.04 bits per heavy atom. The SMILES string of the molecule is O=CN(CCCc1ccccc1)c1cn([C@H]2C[C@H](O)[C@@H](CO)O2)c(=O)[nH]c1=O. The number of H-pyrrole nitrogens is 1. The third-order valence-electron chi connectivity index (χ3n) is 4.79. The summed E-state index contributed by atoms with van der Waals surface area (Å²) in [5.74, 6) is 0. The van der Waals surface area contributed by atoms with Crippen molar-refractivity contribution in [3.63, 3.8) is 0 Å². The van der Waals surface area contributed by atoms with Crippen LogP contribution < -0.4 is 16.1 Å². The van der Waals surface area contributed by atoms with Crippen LogP contribution >= 0.6 is 0 Å². The number of ether oxygens (including phenoxy) is 1. The first-order chi connectivity index (χ1) is 13.5. The molecule has 0 radical (unpaired) electrons. The van der Waals surface area contributed by atoms with Gasteiger partial charge in [-0.25, -0.2) is 4.79 Å². The summed E-state index contributed by atoms with van der Waals surface area (Å²) >= 11 is 0. The van der Waals surface area contributed by atoms with E-state index in [2.05, 4.69) is 4.98 Å². The Morgan fingerprint density at radius 1 is 1.29 bits per heavy atom. The number of amides is 1. The van der Waals surface area contributed by atoms with Crippen LogP contribution in [0.3, 0.4) is 0 Å². The van der Waals surface area contributed by atoms with Crippen LogP contribution in [0.4, 0.5) is 5.69 Å². The van der Waals surface area contributed by atoms with Gasteiger partial charge in [-0.3, -0.25) is 19.1 Å². The van der Waals surface area contributed by atoms with E-state index >= 15 is 0 Å². The van der Waals surface area contributed by atoms with Crippen molar-refractivity contribution in [3.05, 3.63) is 62.9 Å². The van der Waals surface area contributed by atoms with Crippen LogP contribution in [0.2, 0.25) is 0 Å². The van der Waals surface area contributed by atoms with E-state index in [0.717, 1.165) is 16.6 Å². The Morgan fingerprint density at radius 3 is 2.68 bits per heavy atom. The van der Waals surface area contributed by atoms with E-state index < -0.39 is 29.7 Å². The van der Waals surface area contributed by atoms with Gasteiger partial charge in [0.15, 0.2) is 0 Å². The molecular weight excluding hydrogens is 366 g/mol. The molecule has 3 rings (SSSR count). The van der Waals surface area contributed by atoms with Gasteiger partial charge in [0, 0.05) is 19.2 Å². The van der Waals surface area contributed by atoms with Crippen molar-refractivity contribution in [2.75, 3.05) is 18.1 Å². The molecule has 1 amide bonds. The number of carbonyl (C=O) groups excluding carboxylic acids is 1. The second-order valence-corrected chi connectivity index (χ2v) is 6.68. The molecule has 1 fully saturated rings. The van der Waals surface area contributed by atoms with Crippen molar-refractivity contribution < 1.29 is 19.7 Å². The molecule has 0 saturated carbocycles. The van der Waals surface area contributed by atoms with Gasteiger partial charge in [0.25, 0.3) is 5.56 Å². The molecule has 1 aliphatic rings. The van der Waals surface area contributed by atoms with E-state index in [0.29, 0.717) is 19.4 Å². The zero-order valence-electron chi connectivity index (χ0n) is 15.2. The van der Waals surface area contributed by atoms with Crippen LogP contribution in [-0.2, 0) is 16.0 Å². The fourth-order valence-electron chi connectivity index (χ4n) is 3.27. The molecule has 3 N–H and O–H groups in total. The maximum Gasteiger partial charge on any atom is 0.330 e. The minimum absolute atomic E-state index is 0.0215. The fraction of sp³-hybridized carbons (Fsp3) is 0.421. The monoisotopic (exact) mass is 389 g/mol. The van der Waals surface area contributed by atoms with Crippen LogP contribution in [-0.4, -0.2) is 51.5 Å². The molecule has 1 aliphatic heterocycles. The summed E-state index contributed by atoms with van der Waals surface area (Å²) in [6.45, 7) is -0.0876. The van der Waals surface area contributed by atoms with Gasteiger partial charge in [0.1, 0.15) is 18.0 Å². The predicted octanol–water partition coefficient (Wildman–Crippen LogP) is -0.227. The van der Waals surface area contributed by atoms with E-state index in [1.54, 1.807) is 0 Å². The number of aliphatic hydroxyl groups excluding tert-OH is 2. The lowest BCUT2D eigenvalue weighted by atomic mass is 10.1. The van der Waals surface area contributed by atoms with Gasteiger partial charge in [0.2, 0.25) is 6.41 Å². The molecule has 9 heteroatoms. The molecular formula is C19H23N3O6. The van der Waals surface area contributed by atoms with Gasteiger partial charge < -0.3 is 19.8 Å². The highest BCUT2D eigenvalue weighted by Crippen LogP contribution is 2.27. The second-order valence-electron chi connectivity index (χ2n) is 6.68. The Kier molecular flexibility index (Phi) is 6.40. The van der Waals surface area contributed by atoms with Crippen LogP contribution in [0.25, 0.3) is 0 Å². The van der Waals surface area contributed by atoms with Crippen molar-refractivity contribution in [2.24, 2.45) is 0 Å². The van der Waals surface area contributed by atoms with E-state index in [1.165, 1.54) is 11.1 Å². The topological polar surface area (TPSA) is 125 Å². The smallest absolute Gasteiger partial charge is 0.330 e. The summed E-state index contributed by atoms with van der Waals surface area (Å²) in [5, 5.41) is 19.1. The zero-order valence-corrected chi connectivity index (χ0v) is 15.2. The normalized spacial score (nSPS) is 21.6. The van der Waals surface area contributed by atoms with Crippen LogP contribution in [0.15, 0.2) is 46.1 Å². The number of aliphatic hydroxyl groups is 2. The molecule has 9 nitrogen and oxygen atoms in total. The number of carbonyl (C=O) groups is 1. The highest BCUT2D eigenvalue weighted by Gasteiger charge is 2.35. The van der Waals surface area contributed by atoms with Gasteiger partial charge in [-0.2, -0.15) is 0 Å². The first-order valence-electron chi connectivity index (χ1n) is 9.09. The lowest BCUT2D eigenvalue weighted by Crippen LogP contribution is -2.37. The maximum absolute atomic E-state index is 12.2. The predicted molar refractivity (Wildman–Crippen MR) is 101 cm³/mol. The minimum Gasteiger partial charge on any atom is -0.394 e. The molecule has 3 atom stereocenters. The number of aromatic nitrogens is 2. The highest BCUT2D eigenvalue weighted by molar-refractivity contribution is 5.73. The van der Waals surface area contributed by atoms with Crippen molar-refractivity contribution in [2.45, 2.75) is 37.7 Å². The lowest BCUT2D eigenvalue weighted by Gasteiger charge is -2.20. The quantitative estimate of drug-likeness (QED) is 0.536. The molecule has 0 bridgehead atoms. The number of benzene rings is 1. The molecule has 0 aliphatic carbocycles. The molecule has 1 saturated heterocycles. The van der Waals surface area contributed by atoms with E-state index in [-0.39, 0.29) is 18.7 Å². The Hall–Kier alpha value is -2.75. The average molecular weight is 389 g/mol. The second kappa shape index (κ2) is 8.96. The number of hydrogen-bond acceptors (Lipinski definition) is 6. The van der Waals surface area contributed by atoms with E-state index in [9.17, 15) is 24.6 Å². The molecule has 2 aromatic rings. The third kappa shape index (κ3) is 4.38. The summed E-state index contributed by atoms with van der Waals surface area (Å²) in [5.41, 5.74) is -0.242. The molecule has 1 aromatic carbocycles. The molecule has 0 spiro atoms.